The quantitative estimate of drug-likeness (QED) is 0.803. The molecule has 0 unspecified atom stereocenters. The molecule has 0 aliphatic carbocycles. The van der Waals surface area contributed by atoms with Crippen molar-refractivity contribution in [1.82, 2.24) is 9.80 Å². The number of rotatable bonds is 6. The summed E-state index contributed by atoms with van der Waals surface area (Å²) in [4.78, 5) is 5.28. The van der Waals surface area contributed by atoms with Crippen molar-refractivity contribution < 1.29 is 4.74 Å². The van der Waals surface area contributed by atoms with E-state index in [-0.39, 0.29) is 0 Å². The molecule has 0 spiro atoms. The Labute approximate surface area is 134 Å². The van der Waals surface area contributed by atoms with Crippen LogP contribution in [-0.2, 0) is 4.74 Å². The van der Waals surface area contributed by atoms with E-state index in [1.165, 1.54) is 38.0 Å². The Morgan fingerprint density at radius 2 is 2.00 bits per heavy atom. The minimum absolute atomic E-state index is 0.721. The minimum atomic E-state index is 0.721. The first-order valence-electron chi connectivity index (χ1n) is 8.52. The van der Waals surface area contributed by atoms with Gasteiger partial charge in [0.2, 0.25) is 0 Å². The lowest BCUT2D eigenvalue weighted by atomic mass is 9.95. The molecular weight excluding hydrogens is 272 g/mol. The monoisotopic (exact) mass is 300 g/mol. The van der Waals surface area contributed by atoms with Gasteiger partial charge in [0.05, 0.1) is 6.61 Å². The van der Waals surface area contributed by atoms with Gasteiger partial charge in [0, 0.05) is 45.9 Å². The normalized spacial score (nSPS) is 26.6. The van der Waals surface area contributed by atoms with Crippen LogP contribution >= 0.6 is 0 Å². The third-order valence-electron chi connectivity index (χ3n) is 4.96. The summed E-state index contributed by atoms with van der Waals surface area (Å²) >= 11 is 0. The summed E-state index contributed by atoms with van der Waals surface area (Å²) in [7, 11) is 1.80. The highest BCUT2D eigenvalue weighted by molar-refractivity contribution is 5.48. The molecule has 3 aliphatic rings. The highest BCUT2D eigenvalue weighted by Crippen LogP contribution is 2.27. The topological polar surface area (TPSA) is 15.7 Å². The number of nitrogens with zero attached hydrogens (tertiary/aromatic N) is 2. The van der Waals surface area contributed by atoms with Crippen molar-refractivity contribution in [2.75, 3.05) is 46.4 Å². The molecule has 22 heavy (non-hydrogen) atoms. The number of methoxy groups -OCH3 is 1. The molecule has 0 aromatic heterocycles. The fourth-order valence-corrected chi connectivity index (χ4v) is 3.81. The van der Waals surface area contributed by atoms with E-state index in [0.29, 0.717) is 0 Å². The fraction of sp³-hybridized carbons (Fsp3) is 0.579. The van der Waals surface area contributed by atoms with E-state index >= 15 is 0 Å². The molecule has 1 aromatic carbocycles. The maximum Gasteiger partial charge on any atom is 0.0589 e. The zero-order valence-corrected chi connectivity index (χ0v) is 13.7. The van der Waals surface area contributed by atoms with E-state index in [4.69, 9.17) is 4.74 Å². The fourth-order valence-electron chi connectivity index (χ4n) is 3.81. The Hall–Kier alpha value is -1.16. The number of ether oxygens (including phenoxy) is 1. The van der Waals surface area contributed by atoms with Crippen LogP contribution in [0, 0.1) is 5.92 Å². The van der Waals surface area contributed by atoms with Crippen molar-refractivity contribution in [3.8, 4) is 0 Å². The van der Waals surface area contributed by atoms with Crippen LogP contribution in [0.4, 0.5) is 0 Å². The molecule has 2 atom stereocenters. The molecular formula is C19H28N2O. The molecule has 120 valence electrons. The third kappa shape index (κ3) is 4.19. The molecule has 0 radical (unpaired) electrons. The summed E-state index contributed by atoms with van der Waals surface area (Å²) in [5.74, 6) is 0.834. The van der Waals surface area contributed by atoms with Gasteiger partial charge in [0.15, 0.2) is 0 Å². The van der Waals surface area contributed by atoms with E-state index in [2.05, 4.69) is 52.3 Å². The van der Waals surface area contributed by atoms with Crippen LogP contribution in [0.15, 0.2) is 36.4 Å². The first-order chi connectivity index (χ1) is 10.8. The van der Waals surface area contributed by atoms with E-state index in [0.717, 1.165) is 31.7 Å². The zero-order valence-electron chi connectivity index (χ0n) is 13.7. The van der Waals surface area contributed by atoms with Gasteiger partial charge in [0.1, 0.15) is 0 Å². The van der Waals surface area contributed by atoms with Gasteiger partial charge in [-0.05, 0) is 24.3 Å². The van der Waals surface area contributed by atoms with Crippen molar-refractivity contribution in [2.24, 2.45) is 5.92 Å². The third-order valence-corrected chi connectivity index (χ3v) is 4.96. The van der Waals surface area contributed by atoms with Crippen molar-refractivity contribution in [1.29, 1.82) is 0 Å². The van der Waals surface area contributed by atoms with Gasteiger partial charge in [-0.15, -0.1) is 0 Å². The first-order valence-corrected chi connectivity index (χ1v) is 8.52. The summed E-state index contributed by atoms with van der Waals surface area (Å²) < 4.78 is 5.27. The smallest absolute Gasteiger partial charge is 0.0589 e. The summed E-state index contributed by atoms with van der Waals surface area (Å²) in [6.45, 7) is 6.73. The molecule has 0 saturated carbocycles. The van der Waals surface area contributed by atoms with Gasteiger partial charge in [0.25, 0.3) is 0 Å². The standard InChI is InChI=1S/C19H28N2O/c1-22-13-12-21-15-18-9-10-19(21)16-20(14-18)11-5-8-17-6-3-2-4-7-17/h2-8,18-19H,9-16H2,1H3/b8-5+/t18-,19+/m0/s1. The number of benzene rings is 1. The van der Waals surface area contributed by atoms with Crippen LogP contribution in [0.2, 0.25) is 0 Å². The van der Waals surface area contributed by atoms with Gasteiger partial charge < -0.3 is 4.74 Å². The molecule has 0 amide bonds. The summed E-state index contributed by atoms with van der Waals surface area (Å²) in [6, 6.07) is 11.3. The second-order valence-electron chi connectivity index (χ2n) is 6.62. The lowest BCUT2D eigenvalue weighted by Gasteiger charge is -2.35. The first kappa shape index (κ1) is 15.7. The predicted molar refractivity (Wildman–Crippen MR) is 91.9 cm³/mol. The number of fused-ring (bicyclic) bond motifs is 4. The summed E-state index contributed by atoms with van der Waals surface area (Å²) in [5.41, 5.74) is 1.29. The molecule has 3 nitrogen and oxygen atoms in total. The van der Waals surface area contributed by atoms with Crippen LogP contribution in [0.25, 0.3) is 6.08 Å². The second kappa shape index (κ2) is 7.91. The molecule has 2 bridgehead atoms. The molecule has 0 N–H and O–H groups in total. The number of hydrogen-bond acceptors (Lipinski definition) is 3. The lowest BCUT2D eigenvalue weighted by Crippen LogP contribution is -2.45. The van der Waals surface area contributed by atoms with E-state index in [1.54, 1.807) is 7.11 Å². The van der Waals surface area contributed by atoms with Crippen LogP contribution < -0.4 is 0 Å². The van der Waals surface area contributed by atoms with Crippen LogP contribution in [-0.4, -0.2) is 62.3 Å². The van der Waals surface area contributed by atoms with Gasteiger partial charge in [-0.25, -0.2) is 0 Å². The van der Waals surface area contributed by atoms with E-state index in [9.17, 15) is 0 Å². The van der Waals surface area contributed by atoms with Crippen LogP contribution in [0.5, 0.6) is 0 Å². The molecule has 3 heterocycles. The Kier molecular flexibility index (Phi) is 5.65. The largest absolute Gasteiger partial charge is 0.383 e. The average molecular weight is 300 g/mol. The minimum Gasteiger partial charge on any atom is -0.383 e. The van der Waals surface area contributed by atoms with Gasteiger partial charge in [-0.2, -0.15) is 0 Å². The maximum atomic E-state index is 5.27. The Morgan fingerprint density at radius 3 is 2.82 bits per heavy atom. The van der Waals surface area contributed by atoms with Crippen molar-refractivity contribution in [3.05, 3.63) is 42.0 Å². The molecule has 4 rings (SSSR count). The average Bonchev–Trinajstić information content (AvgIpc) is 2.84. The predicted octanol–water partition coefficient (Wildman–Crippen LogP) is 2.74. The summed E-state index contributed by atoms with van der Waals surface area (Å²) in [5, 5.41) is 0. The van der Waals surface area contributed by atoms with Crippen molar-refractivity contribution >= 4 is 6.08 Å². The Morgan fingerprint density at radius 1 is 1.14 bits per heavy atom. The van der Waals surface area contributed by atoms with Gasteiger partial charge in [-0.3, -0.25) is 9.80 Å². The van der Waals surface area contributed by atoms with Crippen molar-refractivity contribution in [3.63, 3.8) is 0 Å². The Balaban J connectivity index is 1.54. The van der Waals surface area contributed by atoms with Crippen molar-refractivity contribution in [2.45, 2.75) is 18.9 Å². The van der Waals surface area contributed by atoms with Crippen LogP contribution in [0.1, 0.15) is 18.4 Å². The highest BCUT2D eigenvalue weighted by atomic mass is 16.5. The van der Waals surface area contributed by atoms with E-state index < -0.39 is 0 Å². The van der Waals surface area contributed by atoms with E-state index in [1.807, 2.05) is 0 Å². The molecule has 3 saturated heterocycles. The molecule has 1 aromatic rings. The lowest BCUT2D eigenvalue weighted by molar-refractivity contribution is 0.0872. The highest BCUT2D eigenvalue weighted by Gasteiger charge is 2.33. The molecule has 3 heteroatoms. The Bertz CT molecular complexity index is 474. The molecule has 3 fully saturated rings. The van der Waals surface area contributed by atoms with Gasteiger partial charge in [-0.1, -0.05) is 42.5 Å². The zero-order chi connectivity index (χ0) is 15.2. The second-order valence-corrected chi connectivity index (χ2v) is 6.62. The van der Waals surface area contributed by atoms with Gasteiger partial charge >= 0.3 is 0 Å². The maximum absolute atomic E-state index is 5.27. The summed E-state index contributed by atoms with van der Waals surface area (Å²) in [6.07, 6.45) is 7.31. The van der Waals surface area contributed by atoms with Crippen LogP contribution in [0.3, 0.4) is 0 Å². The molecule has 3 aliphatic heterocycles. The SMILES string of the molecule is COCCN1C[C@H]2CC[C@@H]1CN(C/C=C/c1ccccc1)C2. The number of hydrogen-bond donors (Lipinski definition) is 0. The number of piperidine rings is 1.